The van der Waals surface area contributed by atoms with Crippen LogP contribution < -0.4 is 5.73 Å². The van der Waals surface area contributed by atoms with Gasteiger partial charge in [0, 0.05) is 42.2 Å². The number of nitrogens with two attached hydrogens (primary N) is 1. The second-order valence-electron chi connectivity index (χ2n) is 7.32. The van der Waals surface area contributed by atoms with E-state index in [1.165, 1.54) is 22.3 Å². The Morgan fingerprint density at radius 3 is 2.93 bits per heavy atom. The Balaban J connectivity index is 1.40. The number of rotatable bonds is 4. The van der Waals surface area contributed by atoms with Gasteiger partial charge in [0.25, 0.3) is 5.91 Å². The number of hydrogen-bond acceptors (Lipinski definition) is 5. The Morgan fingerprint density at radius 2 is 2.04 bits per heavy atom. The van der Waals surface area contributed by atoms with Crippen molar-refractivity contribution in [1.29, 1.82) is 0 Å². The molecule has 5 nitrogen and oxygen atoms in total. The first-order valence-electron chi connectivity index (χ1n) is 9.42. The van der Waals surface area contributed by atoms with Gasteiger partial charge in [0.2, 0.25) is 0 Å². The summed E-state index contributed by atoms with van der Waals surface area (Å²) in [6.45, 7) is 2.82. The van der Waals surface area contributed by atoms with Crippen LogP contribution in [0.4, 0.5) is 0 Å². The van der Waals surface area contributed by atoms with Crippen molar-refractivity contribution in [3.8, 4) is 0 Å². The highest BCUT2D eigenvalue weighted by Gasteiger charge is 2.30. The summed E-state index contributed by atoms with van der Waals surface area (Å²) in [5.41, 5.74) is 9.08. The van der Waals surface area contributed by atoms with Gasteiger partial charge in [-0.15, -0.1) is 11.3 Å². The summed E-state index contributed by atoms with van der Waals surface area (Å²) >= 11 is 1.41. The van der Waals surface area contributed by atoms with Crippen molar-refractivity contribution in [2.45, 2.75) is 18.9 Å². The first kappa shape index (κ1) is 17.3. The van der Waals surface area contributed by atoms with Crippen molar-refractivity contribution in [2.24, 2.45) is 5.73 Å². The zero-order chi connectivity index (χ0) is 19.1. The van der Waals surface area contributed by atoms with Crippen molar-refractivity contribution < 1.29 is 4.79 Å². The number of aromatic nitrogens is 2. The van der Waals surface area contributed by atoms with Crippen LogP contribution in [0, 0.1) is 0 Å². The number of primary amides is 1. The molecule has 1 aromatic carbocycles. The number of carbonyl (C=O) groups is 1. The highest BCUT2D eigenvalue weighted by atomic mass is 32.1. The molecule has 0 aliphatic carbocycles. The van der Waals surface area contributed by atoms with E-state index in [-0.39, 0.29) is 5.91 Å². The Bertz CT molecular complexity index is 1190. The SMILES string of the molecule is NC(=O)c1sc2ncccc2c1C1CCN(Cc2ccc3ncccc3c2)C1. The summed E-state index contributed by atoms with van der Waals surface area (Å²) in [6, 6.07) is 14.5. The summed E-state index contributed by atoms with van der Waals surface area (Å²) < 4.78 is 0. The van der Waals surface area contributed by atoms with Gasteiger partial charge in [-0.3, -0.25) is 14.7 Å². The summed E-state index contributed by atoms with van der Waals surface area (Å²) in [7, 11) is 0. The molecule has 0 bridgehead atoms. The molecule has 0 saturated carbocycles. The van der Waals surface area contributed by atoms with Crippen molar-refractivity contribution in [3.63, 3.8) is 0 Å². The van der Waals surface area contributed by atoms with E-state index in [0.717, 1.165) is 47.4 Å². The van der Waals surface area contributed by atoms with Crippen molar-refractivity contribution >= 4 is 38.4 Å². The van der Waals surface area contributed by atoms with E-state index < -0.39 is 0 Å². The molecule has 1 aliphatic rings. The maximum atomic E-state index is 12.0. The number of likely N-dealkylation sites (tertiary alicyclic amines) is 1. The Hall–Kier alpha value is -2.83. The van der Waals surface area contributed by atoms with Gasteiger partial charge in [0.1, 0.15) is 4.83 Å². The fourth-order valence-corrected chi connectivity index (χ4v) is 5.31. The van der Waals surface area contributed by atoms with Gasteiger partial charge in [-0.2, -0.15) is 0 Å². The number of fused-ring (bicyclic) bond motifs is 2. The van der Waals surface area contributed by atoms with Gasteiger partial charge in [-0.1, -0.05) is 18.2 Å². The van der Waals surface area contributed by atoms with Crippen molar-refractivity contribution in [2.75, 3.05) is 13.1 Å². The first-order valence-corrected chi connectivity index (χ1v) is 10.2. The van der Waals surface area contributed by atoms with Crippen LogP contribution in [-0.4, -0.2) is 33.9 Å². The summed E-state index contributed by atoms with van der Waals surface area (Å²) in [5.74, 6) is -0.0407. The predicted octanol–water partition coefficient (Wildman–Crippen LogP) is 3.93. The van der Waals surface area contributed by atoms with E-state index in [1.807, 2.05) is 18.3 Å². The fraction of sp³-hybridized carbons (Fsp3) is 0.227. The molecule has 28 heavy (non-hydrogen) atoms. The Kier molecular flexibility index (Phi) is 4.30. The highest BCUT2D eigenvalue weighted by molar-refractivity contribution is 7.20. The Labute approximate surface area is 166 Å². The van der Waals surface area contributed by atoms with Crippen molar-refractivity contribution in [1.82, 2.24) is 14.9 Å². The number of amides is 1. The summed E-state index contributed by atoms with van der Waals surface area (Å²) in [5, 5.41) is 2.24. The molecule has 5 rings (SSSR count). The number of nitrogens with zero attached hydrogens (tertiary/aromatic N) is 3. The lowest BCUT2D eigenvalue weighted by Gasteiger charge is -2.17. The molecular formula is C22H20N4OS. The molecule has 6 heteroatoms. The summed E-state index contributed by atoms with van der Waals surface area (Å²) in [4.78, 5) is 24.9. The zero-order valence-corrected chi connectivity index (χ0v) is 16.2. The number of pyridine rings is 2. The predicted molar refractivity (Wildman–Crippen MR) is 113 cm³/mol. The molecule has 0 spiro atoms. The van der Waals surface area contributed by atoms with Crippen LogP contribution >= 0.6 is 11.3 Å². The molecular weight excluding hydrogens is 368 g/mol. The minimum absolute atomic E-state index is 0.308. The quantitative estimate of drug-likeness (QED) is 0.575. The van der Waals surface area contributed by atoms with Crippen LogP contribution in [-0.2, 0) is 6.54 Å². The molecule has 1 aliphatic heterocycles. The van der Waals surface area contributed by atoms with E-state index in [4.69, 9.17) is 5.73 Å². The molecule has 140 valence electrons. The third kappa shape index (κ3) is 3.04. The second-order valence-corrected chi connectivity index (χ2v) is 8.32. The number of thiophene rings is 1. The van der Waals surface area contributed by atoms with E-state index in [9.17, 15) is 4.79 Å². The molecule has 4 heterocycles. The fourth-order valence-electron chi connectivity index (χ4n) is 4.23. The van der Waals surface area contributed by atoms with Crippen LogP contribution in [0.5, 0.6) is 0 Å². The lowest BCUT2D eigenvalue weighted by molar-refractivity contribution is 0.100. The maximum Gasteiger partial charge on any atom is 0.259 e. The first-order chi connectivity index (χ1) is 13.7. The monoisotopic (exact) mass is 388 g/mol. The van der Waals surface area contributed by atoms with Gasteiger partial charge in [-0.05, 0) is 48.4 Å². The Morgan fingerprint density at radius 1 is 1.18 bits per heavy atom. The van der Waals surface area contributed by atoms with E-state index in [0.29, 0.717) is 10.8 Å². The molecule has 0 radical (unpaired) electrons. The number of benzene rings is 1. The lowest BCUT2D eigenvalue weighted by Crippen LogP contribution is -2.20. The smallest absolute Gasteiger partial charge is 0.259 e. The average Bonchev–Trinajstić information content (AvgIpc) is 3.32. The maximum absolute atomic E-state index is 12.0. The van der Waals surface area contributed by atoms with Crippen LogP contribution in [0.2, 0.25) is 0 Å². The molecule has 4 aromatic rings. The van der Waals surface area contributed by atoms with Crippen LogP contribution in [0.1, 0.15) is 33.1 Å². The molecule has 1 unspecified atom stereocenters. The standard InChI is InChI=1S/C22H20N4OS/c23-21(27)20-19(17-4-2-9-25-22(17)28-20)16-7-10-26(13-16)12-14-5-6-18-15(11-14)3-1-8-24-18/h1-6,8-9,11,16H,7,10,12-13H2,(H2,23,27). The average molecular weight is 388 g/mol. The van der Waals surface area contributed by atoms with Gasteiger partial charge >= 0.3 is 0 Å². The largest absolute Gasteiger partial charge is 0.365 e. The minimum atomic E-state index is -0.349. The molecule has 2 N–H and O–H groups in total. The topological polar surface area (TPSA) is 72.1 Å². The number of carbonyl (C=O) groups excluding carboxylic acids is 1. The van der Waals surface area contributed by atoms with Crippen LogP contribution in [0.25, 0.3) is 21.1 Å². The zero-order valence-electron chi connectivity index (χ0n) is 15.3. The lowest BCUT2D eigenvalue weighted by atomic mass is 9.95. The molecule has 1 amide bonds. The third-order valence-electron chi connectivity index (χ3n) is 5.48. The molecule has 1 atom stereocenters. The second kappa shape index (κ2) is 6.96. The van der Waals surface area contributed by atoms with Crippen molar-refractivity contribution in [3.05, 3.63) is 70.9 Å². The van der Waals surface area contributed by atoms with Gasteiger partial charge in [-0.25, -0.2) is 4.98 Å². The van der Waals surface area contributed by atoms with Crippen LogP contribution in [0.15, 0.2) is 54.9 Å². The number of hydrogen-bond donors (Lipinski definition) is 1. The molecule has 1 fully saturated rings. The van der Waals surface area contributed by atoms with E-state index in [1.54, 1.807) is 6.20 Å². The van der Waals surface area contributed by atoms with Crippen LogP contribution in [0.3, 0.4) is 0 Å². The summed E-state index contributed by atoms with van der Waals surface area (Å²) in [6.07, 6.45) is 4.61. The normalized spacial score (nSPS) is 17.5. The molecule has 3 aromatic heterocycles. The van der Waals surface area contributed by atoms with E-state index in [2.05, 4.69) is 45.2 Å². The van der Waals surface area contributed by atoms with E-state index >= 15 is 0 Å². The van der Waals surface area contributed by atoms with Gasteiger partial charge < -0.3 is 5.73 Å². The minimum Gasteiger partial charge on any atom is -0.365 e. The van der Waals surface area contributed by atoms with Gasteiger partial charge in [0.05, 0.1) is 10.4 Å². The third-order valence-corrected chi connectivity index (χ3v) is 6.63. The highest BCUT2D eigenvalue weighted by Crippen LogP contribution is 2.39. The van der Waals surface area contributed by atoms with Gasteiger partial charge in [0.15, 0.2) is 0 Å². The molecule has 1 saturated heterocycles.